The molecule has 0 saturated heterocycles. The van der Waals surface area contributed by atoms with Crippen molar-refractivity contribution in [1.29, 1.82) is 0 Å². The number of benzene rings is 1. The summed E-state index contributed by atoms with van der Waals surface area (Å²) in [5, 5.41) is 15.3. The number of aromatic nitrogens is 2. The van der Waals surface area contributed by atoms with E-state index in [-0.39, 0.29) is 0 Å². The van der Waals surface area contributed by atoms with E-state index in [1.807, 2.05) is 18.5 Å². The van der Waals surface area contributed by atoms with Gasteiger partial charge in [-0.05, 0) is 42.3 Å². The highest BCUT2D eigenvalue weighted by molar-refractivity contribution is 9.10. The third-order valence-corrected chi connectivity index (χ3v) is 4.58. The van der Waals surface area contributed by atoms with E-state index in [2.05, 4.69) is 21.0 Å². The van der Waals surface area contributed by atoms with E-state index in [1.165, 1.54) is 6.07 Å². The summed E-state index contributed by atoms with van der Waals surface area (Å²) in [6.45, 7) is 6.38. The molecule has 2 aromatic rings. The fourth-order valence-corrected chi connectivity index (χ4v) is 3.21. The Morgan fingerprint density at radius 1 is 1.33 bits per heavy atom. The molecule has 1 aromatic heterocycles. The molecule has 0 radical (unpaired) electrons. The summed E-state index contributed by atoms with van der Waals surface area (Å²) in [5.74, 6) is -0.392. The van der Waals surface area contributed by atoms with Gasteiger partial charge in [0, 0.05) is 18.5 Å². The lowest BCUT2D eigenvalue weighted by Crippen LogP contribution is -2.27. The summed E-state index contributed by atoms with van der Waals surface area (Å²) in [7, 11) is 0. The Morgan fingerprint density at radius 3 is 2.57 bits per heavy atom. The summed E-state index contributed by atoms with van der Waals surface area (Å²) < 4.78 is 16.7. The lowest BCUT2D eigenvalue weighted by atomic mass is 9.90. The van der Waals surface area contributed by atoms with Crippen LogP contribution >= 0.6 is 15.9 Å². The Balaban J connectivity index is 2.41. The topological polar surface area (TPSA) is 38.0 Å². The van der Waals surface area contributed by atoms with Crippen LogP contribution in [0.15, 0.2) is 28.7 Å². The molecule has 114 valence electrons. The Morgan fingerprint density at radius 2 is 2.00 bits per heavy atom. The van der Waals surface area contributed by atoms with Crippen molar-refractivity contribution in [2.24, 2.45) is 0 Å². The molecule has 3 nitrogen and oxygen atoms in total. The van der Waals surface area contributed by atoms with E-state index in [1.54, 1.807) is 25.1 Å². The van der Waals surface area contributed by atoms with Gasteiger partial charge in [0.25, 0.3) is 0 Å². The molecule has 0 spiro atoms. The van der Waals surface area contributed by atoms with Crippen LogP contribution < -0.4 is 0 Å². The van der Waals surface area contributed by atoms with Gasteiger partial charge in [0.15, 0.2) is 0 Å². The normalized spacial score (nSPS) is 14.2. The van der Waals surface area contributed by atoms with Gasteiger partial charge in [-0.25, -0.2) is 4.39 Å². The predicted molar refractivity (Wildman–Crippen MR) is 84.7 cm³/mol. The molecule has 1 heterocycles. The van der Waals surface area contributed by atoms with Gasteiger partial charge in [-0.15, -0.1) is 0 Å². The van der Waals surface area contributed by atoms with Gasteiger partial charge >= 0.3 is 0 Å². The standard InChI is InChI=1S/C16H20BrFN2O/c1-4-13-15(17)14(20(5-2)19-13)10-16(3,21)11-8-6-7-9-12(11)18/h6-9,21H,4-5,10H2,1-3H3. The van der Waals surface area contributed by atoms with Crippen molar-refractivity contribution in [3.63, 3.8) is 0 Å². The number of hydrogen-bond acceptors (Lipinski definition) is 2. The maximum atomic E-state index is 13.9. The van der Waals surface area contributed by atoms with Crippen LogP contribution in [0.4, 0.5) is 4.39 Å². The zero-order valence-corrected chi connectivity index (χ0v) is 14.1. The number of halogens is 2. The SMILES string of the molecule is CCc1nn(CC)c(CC(C)(O)c2ccccc2F)c1Br. The van der Waals surface area contributed by atoms with Gasteiger partial charge in [-0.3, -0.25) is 4.68 Å². The van der Waals surface area contributed by atoms with Crippen LogP contribution in [0.5, 0.6) is 0 Å². The summed E-state index contributed by atoms with van der Waals surface area (Å²) in [5.41, 5.74) is 0.865. The number of rotatable bonds is 5. The van der Waals surface area contributed by atoms with Crippen molar-refractivity contribution in [2.75, 3.05) is 0 Å². The van der Waals surface area contributed by atoms with E-state index >= 15 is 0 Å². The minimum absolute atomic E-state index is 0.301. The van der Waals surface area contributed by atoms with Crippen molar-refractivity contribution in [2.45, 2.75) is 45.8 Å². The van der Waals surface area contributed by atoms with Gasteiger partial charge in [-0.1, -0.05) is 25.1 Å². The largest absolute Gasteiger partial charge is 0.385 e. The third kappa shape index (κ3) is 3.19. The maximum absolute atomic E-state index is 13.9. The third-order valence-electron chi connectivity index (χ3n) is 3.66. The summed E-state index contributed by atoms with van der Waals surface area (Å²) in [6.07, 6.45) is 1.11. The van der Waals surface area contributed by atoms with Crippen LogP contribution in [-0.4, -0.2) is 14.9 Å². The fraction of sp³-hybridized carbons (Fsp3) is 0.438. The highest BCUT2D eigenvalue weighted by atomic mass is 79.9. The van der Waals surface area contributed by atoms with Gasteiger partial charge in [0.2, 0.25) is 0 Å². The lowest BCUT2D eigenvalue weighted by molar-refractivity contribution is 0.0514. The molecule has 1 unspecified atom stereocenters. The molecule has 0 aliphatic carbocycles. The number of nitrogens with zero attached hydrogens (tertiary/aromatic N) is 2. The number of aryl methyl sites for hydroxylation is 2. The quantitative estimate of drug-likeness (QED) is 0.886. The molecular formula is C16H20BrFN2O. The highest BCUT2D eigenvalue weighted by Crippen LogP contribution is 2.32. The number of hydrogen-bond donors (Lipinski definition) is 1. The van der Waals surface area contributed by atoms with Crippen LogP contribution in [0.25, 0.3) is 0 Å². The van der Waals surface area contributed by atoms with E-state index in [0.29, 0.717) is 18.5 Å². The van der Waals surface area contributed by atoms with Gasteiger partial charge in [0.05, 0.1) is 21.5 Å². The zero-order chi connectivity index (χ0) is 15.6. The monoisotopic (exact) mass is 354 g/mol. The molecule has 0 bridgehead atoms. The summed E-state index contributed by atoms with van der Waals surface area (Å²) in [4.78, 5) is 0. The predicted octanol–water partition coefficient (Wildman–Crippen LogP) is 3.82. The molecule has 1 atom stereocenters. The lowest BCUT2D eigenvalue weighted by Gasteiger charge is -2.25. The van der Waals surface area contributed by atoms with E-state index < -0.39 is 11.4 Å². The van der Waals surface area contributed by atoms with Crippen LogP contribution in [0.1, 0.15) is 37.7 Å². The fourth-order valence-electron chi connectivity index (χ4n) is 2.51. The molecule has 21 heavy (non-hydrogen) atoms. The van der Waals surface area contributed by atoms with Crippen LogP contribution in [0, 0.1) is 5.82 Å². The van der Waals surface area contributed by atoms with Crippen molar-refractivity contribution >= 4 is 15.9 Å². The molecular weight excluding hydrogens is 335 g/mol. The van der Waals surface area contributed by atoms with Crippen LogP contribution in [0.2, 0.25) is 0 Å². The molecule has 0 fully saturated rings. The second-order valence-corrected chi connectivity index (χ2v) is 6.10. The van der Waals surface area contributed by atoms with Crippen molar-refractivity contribution in [1.82, 2.24) is 9.78 Å². The average molecular weight is 355 g/mol. The Kier molecular flexibility index (Phi) is 4.84. The van der Waals surface area contributed by atoms with E-state index in [4.69, 9.17) is 0 Å². The second kappa shape index (κ2) is 6.28. The maximum Gasteiger partial charge on any atom is 0.129 e. The Bertz CT molecular complexity index is 637. The second-order valence-electron chi connectivity index (χ2n) is 5.31. The molecule has 2 rings (SSSR count). The highest BCUT2D eigenvalue weighted by Gasteiger charge is 2.30. The van der Waals surface area contributed by atoms with Crippen molar-refractivity contribution in [3.05, 3.63) is 51.5 Å². The Labute approximate surface area is 132 Å². The zero-order valence-electron chi connectivity index (χ0n) is 12.5. The van der Waals surface area contributed by atoms with Crippen LogP contribution in [-0.2, 0) is 25.0 Å². The summed E-state index contributed by atoms with van der Waals surface area (Å²) >= 11 is 3.56. The van der Waals surface area contributed by atoms with E-state index in [0.717, 1.165) is 22.3 Å². The van der Waals surface area contributed by atoms with Gasteiger partial charge < -0.3 is 5.11 Å². The first-order chi connectivity index (χ1) is 9.90. The van der Waals surface area contributed by atoms with E-state index in [9.17, 15) is 9.50 Å². The molecule has 0 amide bonds. The minimum Gasteiger partial charge on any atom is -0.385 e. The molecule has 5 heteroatoms. The molecule has 0 aliphatic heterocycles. The first kappa shape index (κ1) is 16.2. The smallest absolute Gasteiger partial charge is 0.129 e. The van der Waals surface area contributed by atoms with Gasteiger partial charge in [-0.2, -0.15) is 5.10 Å². The molecule has 0 saturated carbocycles. The summed E-state index contributed by atoms with van der Waals surface area (Å²) in [6, 6.07) is 6.34. The van der Waals surface area contributed by atoms with Crippen molar-refractivity contribution in [3.8, 4) is 0 Å². The first-order valence-electron chi connectivity index (χ1n) is 7.12. The van der Waals surface area contributed by atoms with Gasteiger partial charge in [0.1, 0.15) is 5.82 Å². The molecule has 1 N–H and O–H groups in total. The molecule has 1 aromatic carbocycles. The average Bonchev–Trinajstić information content (AvgIpc) is 2.75. The first-order valence-corrected chi connectivity index (χ1v) is 7.91. The minimum atomic E-state index is -1.29. The number of aliphatic hydroxyl groups is 1. The van der Waals surface area contributed by atoms with Crippen LogP contribution in [0.3, 0.4) is 0 Å². The van der Waals surface area contributed by atoms with Crippen molar-refractivity contribution < 1.29 is 9.50 Å². The Hall–Kier alpha value is -1.20. The molecule has 0 aliphatic rings.